The fourth-order valence-electron chi connectivity index (χ4n) is 19.0. The molecule has 0 aliphatic heterocycles. The van der Waals surface area contributed by atoms with Gasteiger partial charge in [0.05, 0.1) is 47.2 Å². The highest BCUT2D eigenvalue weighted by Gasteiger charge is 2.25. The van der Waals surface area contributed by atoms with Crippen molar-refractivity contribution >= 4 is 193 Å². The Labute approximate surface area is 717 Å². The maximum Gasteiger partial charge on any atom is 0.143 e. The number of nitrogens with zero attached hydrogens (tertiary/aromatic N) is 3. The lowest BCUT2D eigenvalue weighted by atomic mass is 9.98. The van der Waals surface area contributed by atoms with E-state index < -0.39 is 0 Å². The third-order valence-corrected chi connectivity index (χ3v) is 28.5. The van der Waals surface area contributed by atoms with E-state index in [2.05, 4.69) is 396 Å². The van der Waals surface area contributed by atoms with E-state index in [1.165, 1.54) is 161 Å². The molecule has 27 rings (SSSR count). The third-order valence-electron chi connectivity index (χ3n) is 24.7. The summed E-state index contributed by atoms with van der Waals surface area (Å²) in [6, 6.07) is 150. The van der Waals surface area contributed by atoms with Gasteiger partial charge in [0.2, 0.25) is 0 Å². The maximum atomic E-state index is 6.32. The molecule has 0 unspecified atom stereocenters. The molecule has 6 nitrogen and oxygen atoms in total. The van der Waals surface area contributed by atoms with E-state index in [1.54, 1.807) is 0 Å². The largest absolute Gasteiger partial charge is 0.456 e. The Morgan fingerprint density at radius 2 is 0.447 bits per heavy atom. The molecule has 576 valence electrons. The molecule has 0 fully saturated rings. The van der Waals surface area contributed by atoms with Crippen molar-refractivity contribution in [1.82, 2.24) is 13.7 Å². The zero-order valence-electron chi connectivity index (χ0n) is 66.1. The van der Waals surface area contributed by atoms with E-state index in [0.717, 1.165) is 82.5 Å². The molecular weight excluding hydrogens is 1560 g/mol. The molecule has 0 aliphatic carbocycles. The molecule has 0 radical (unpaired) electrons. The molecule has 123 heavy (non-hydrogen) atoms. The van der Waals surface area contributed by atoms with Crippen molar-refractivity contribution in [3.63, 3.8) is 0 Å². The smallest absolute Gasteiger partial charge is 0.143 e. The summed E-state index contributed by atoms with van der Waals surface area (Å²) in [6.07, 6.45) is 0. The second kappa shape index (κ2) is 28.7. The van der Waals surface area contributed by atoms with E-state index in [4.69, 9.17) is 13.3 Å². The Kier molecular flexibility index (Phi) is 16.5. The summed E-state index contributed by atoms with van der Waals surface area (Å²) in [4.78, 5) is 0. The Morgan fingerprint density at radius 1 is 0.163 bits per heavy atom. The SMILES string of the molecule is c1ccc(-n2c3ccccc3c3sc4c(-c5ccc(-c6ccc7c(c6)oc6ccccc67)cc5)cccc4c32)cc1.c1ccc(-n2c3ccccc3c3sc4c(-c5ccc(-c6ccc7oc8ccccc8c7c6)cc5)cccc4c32)cc1.c1ccc(-n2c3ccccc3c3sc4c(-c5ccc(-c6cccc7c6oc6ccccc67)cc5)cccc4c32)cc1. The van der Waals surface area contributed by atoms with E-state index in [1.807, 2.05) is 70.4 Å². The van der Waals surface area contributed by atoms with Crippen LogP contribution in [0.15, 0.2) is 432 Å². The number of rotatable bonds is 9. The van der Waals surface area contributed by atoms with Crippen molar-refractivity contribution < 1.29 is 13.3 Å². The van der Waals surface area contributed by atoms with Gasteiger partial charge in [-0.25, -0.2) is 0 Å². The van der Waals surface area contributed by atoms with Crippen molar-refractivity contribution in [3.05, 3.63) is 419 Å². The Morgan fingerprint density at radius 3 is 0.878 bits per heavy atom. The number of hydrogen-bond acceptors (Lipinski definition) is 6. The van der Waals surface area contributed by atoms with Crippen molar-refractivity contribution in [1.29, 1.82) is 0 Å². The topological polar surface area (TPSA) is 54.2 Å². The number of thiophene rings is 3. The van der Waals surface area contributed by atoms with Crippen LogP contribution in [0.1, 0.15) is 0 Å². The van der Waals surface area contributed by atoms with Crippen molar-refractivity contribution in [2.45, 2.75) is 0 Å². The first-order valence-corrected chi connectivity index (χ1v) is 44.0. The van der Waals surface area contributed by atoms with Crippen LogP contribution in [0.3, 0.4) is 0 Å². The average molecular weight is 1630 g/mol. The summed E-state index contributed by atoms with van der Waals surface area (Å²) < 4.78 is 33.7. The van der Waals surface area contributed by atoms with Gasteiger partial charge in [0, 0.05) is 101 Å². The van der Waals surface area contributed by atoms with Crippen molar-refractivity contribution in [2.75, 3.05) is 0 Å². The minimum atomic E-state index is 0.925. The Balaban J connectivity index is 0.000000101. The standard InChI is InChI=1S/3C38H23NOS/c1-2-10-26(11-3-1)39-33-18-6-4-13-31(33)38-35(39)32-17-9-15-28(37(32)41-38)25-22-20-24(21-23-25)27-14-8-16-30-29-12-5-7-19-34(29)40-36(27)30;1-2-9-27(10-3-1)39-33-15-6-4-12-31(33)38-36(39)32-14-8-13-28(37(32)41-38)25-19-17-24(18-20-25)26-21-22-30-29-11-5-7-16-34(29)40-35(30)23-26;1-2-9-27(10-3-1)39-33-15-6-4-12-30(33)38-36(39)31-14-8-13-28(37(31)41-38)25-19-17-24(18-20-25)26-21-22-35-32(23-26)29-11-5-7-16-34(29)40-35/h3*1-23H. The van der Waals surface area contributed by atoms with E-state index in [0.29, 0.717) is 0 Å². The van der Waals surface area contributed by atoms with E-state index in [-0.39, 0.29) is 0 Å². The van der Waals surface area contributed by atoms with Gasteiger partial charge in [0.1, 0.15) is 33.5 Å². The number of aromatic nitrogens is 3. The van der Waals surface area contributed by atoms with Crippen molar-refractivity contribution in [2.24, 2.45) is 0 Å². The second-order valence-corrected chi connectivity index (χ2v) is 34.6. The van der Waals surface area contributed by atoms with Crippen LogP contribution in [0.4, 0.5) is 0 Å². The molecule has 0 bridgehead atoms. The van der Waals surface area contributed by atoms with Crippen LogP contribution in [-0.2, 0) is 0 Å². The Bertz CT molecular complexity index is 8840. The molecule has 0 atom stereocenters. The second-order valence-electron chi connectivity index (χ2n) is 31.6. The van der Waals surface area contributed by atoms with Crippen LogP contribution >= 0.6 is 34.0 Å². The van der Waals surface area contributed by atoms with E-state index >= 15 is 0 Å². The van der Waals surface area contributed by atoms with Crippen LogP contribution in [-0.4, -0.2) is 13.7 Å². The molecule has 9 heterocycles. The molecule has 18 aromatic carbocycles. The summed E-state index contributed by atoms with van der Waals surface area (Å²) in [5.74, 6) is 0. The quantitative estimate of drug-likeness (QED) is 0.145. The van der Waals surface area contributed by atoms with Gasteiger partial charge in [-0.05, 0) is 158 Å². The molecule has 9 heteroatoms. The van der Waals surface area contributed by atoms with Gasteiger partial charge in [-0.2, -0.15) is 0 Å². The van der Waals surface area contributed by atoms with Gasteiger partial charge < -0.3 is 27.0 Å². The highest BCUT2D eigenvalue weighted by molar-refractivity contribution is 7.28. The highest BCUT2D eigenvalue weighted by Crippen LogP contribution is 2.51. The lowest BCUT2D eigenvalue weighted by Gasteiger charge is -2.09. The summed E-state index contributed by atoms with van der Waals surface area (Å²) >= 11 is 5.70. The summed E-state index contributed by atoms with van der Waals surface area (Å²) in [5.41, 5.74) is 31.2. The molecule has 0 aliphatic rings. The predicted octanol–water partition coefficient (Wildman–Crippen LogP) is 33.7. The van der Waals surface area contributed by atoms with Crippen molar-refractivity contribution in [3.8, 4) is 83.8 Å². The normalized spacial score (nSPS) is 11.9. The van der Waals surface area contributed by atoms with Crippen LogP contribution in [0.5, 0.6) is 0 Å². The summed E-state index contributed by atoms with van der Waals surface area (Å²) in [7, 11) is 0. The number of hydrogen-bond donors (Lipinski definition) is 0. The fourth-order valence-corrected chi connectivity index (χ4v) is 23.1. The van der Waals surface area contributed by atoms with Crippen LogP contribution in [0.2, 0.25) is 0 Å². The van der Waals surface area contributed by atoms with Gasteiger partial charge in [-0.15, -0.1) is 34.0 Å². The lowest BCUT2D eigenvalue weighted by Crippen LogP contribution is -1.92. The first-order valence-electron chi connectivity index (χ1n) is 41.6. The summed E-state index contributed by atoms with van der Waals surface area (Å²) in [5, 5.41) is 14.7. The average Bonchev–Trinajstić information content (AvgIpc) is 1.57. The lowest BCUT2D eigenvalue weighted by molar-refractivity contribution is 0.668. The zero-order chi connectivity index (χ0) is 80.7. The first-order chi connectivity index (χ1) is 61.0. The van der Waals surface area contributed by atoms with Gasteiger partial charge in [0.15, 0.2) is 0 Å². The van der Waals surface area contributed by atoms with E-state index in [9.17, 15) is 0 Å². The monoisotopic (exact) mass is 1620 g/mol. The maximum absolute atomic E-state index is 6.32. The molecule has 0 N–H and O–H groups in total. The van der Waals surface area contributed by atoms with Gasteiger partial charge in [0.25, 0.3) is 0 Å². The summed E-state index contributed by atoms with van der Waals surface area (Å²) in [6.45, 7) is 0. The number of fused-ring (bicyclic) bond motifs is 24. The molecule has 0 saturated carbocycles. The number of benzene rings is 18. The van der Waals surface area contributed by atoms with Gasteiger partial charge in [-0.3, -0.25) is 0 Å². The number of para-hydroxylation sites is 10. The first kappa shape index (κ1) is 70.6. The minimum Gasteiger partial charge on any atom is -0.456 e. The minimum absolute atomic E-state index is 0.925. The molecule has 0 saturated heterocycles. The molecule has 0 amide bonds. The fraction of sp³-hybridized carbons (Fsp3) is 0. The molecule has 9 aromatic heterocycles. The third kappa shape index (κ3) is 11.5. The van der Waals surface area contributed by atoms with Crippen LogP contribution in [0.25, 0.3) is 243 Å². The molecular formula is C114H69N3O3S3. The molecule has 0 spiro atoms. The highest BCUT2D eigenvalue weighted by atomic mass is 32.1. The number of furan rings is 3. The zero-order valence-corrected chi connectivity index (χ0v) is 68.6. The van der Waals surface area contributed by atoms with Gasteiger partial charge >= 0.3 is 0 Å². The predicted molar refractivity (Wildman–Crippen MR) is 523 cm³/mol. The van der Waals surface area contributed by atoms with Crippen LogP contribution < -0.4 is 0 Å². The molecule has 27 aromatic rings. The van der Waals surface area contributed by atoms with Crippen LogP contribution in [0, 0.1) is 0 Å². The Hall–Kier alpha value is -15.4. The van der Waals surface area contributed by atoms with Gasteiger partial charge in [-0.1, -0.05) is 322 Å².